The lowest BCUT2D eigenvalue weighted by Crippen LogP contribution is -2.30. The van der Waals surface area contributed by atoms with E-state index >= 15 is 0 Å². The zero-order valence-electron chi connectivity index (χ0n) is 10.5. The fourth-order valence-electron chi connectivity index (χ4n) is 1.14. The normalized spacial score (nSPS) is 17.4. The minimum Gasteiger partial charge on any atom is -0.394 e. The van der Waals surface area contributed by atoms with Crippen LogP contribution in [0, 0.1) is 0 Å². The first-order valence-electron chi connectivity index (χ1n) is 6.05. The molecule has 0 rings (SSSR count). The summed E-state index contributed by atoms with van der Waals surface area (Å²) in [6.07, 6.45) is 3.91. The van der Waals surface area contributed by atoms with E-state index < -0.39 is 9.28 Å². The molecule has 92 valence electrons. The predicted molar refractivity (Wildman–Crippen MR) is 72.1 cm³/mol. The molecule has 4 heteroatoms. The Labute approximate surface area is 102 Å². The molecule has 0 saturated carbocycles. The summed E-state index contributed by atoms with van der Waals surface area (Å²) in [7, 11) is -1.45. The van der Waals surface area contributed by atoms with Crippen LogP contribution in [0.15, 0.2) is 0 Å². The van der Waals surface area contributed by atoms with E-state index in [0.717, 1.165) is 31.1 Å². The van der Waals surface area contributed by atoms with E-state index in [4.69, 9.17) is 8.85 Å². The van der Waals surface area contributed by atoms with Crippen molar-refractivity contribution < 1.29 is 8.85 Å². The molecule has 2 unspecified atom stereocenters. The van der Waals surface area contributed by atoms with Gasteiger partial charge in [-0.25, -0.2) is 0 Å². The Morgan fingerprint density at radius 3 is 1.87 bits per heavy atom. The molecule has 0 amide bonds. The average molecular weight is 250 g/mol. The van der Waals surface area contributed by atoms with Gasteiger partial charge in [0.2, 0.25) is 0 Å². The molecule has 0 aromatic carbocycles. The van der Waals surface area contributed by atoms with E-state index in [0.29, 0.717) is 12.2 Å². The van der Waals surface area contributed by atoms with Crippen molar-refractivity contribution in [1.82, 2.24) is 0 Å². The zero-order chi connectivity index (χ0) is 11.7. The molecule has 0 aromatic heterocycles. The molecule has 0 spiro atoms. The van der Waals surface area contributed by atoms with Crippen molar-refractivity contribution in [2.45, 2.75) is 65.2 Å². The Bertz CT molecular complexity index is 135. The highest BCUT2D eigenvalue weighted by Gasteiger charge is 2.18. The van der Waals surface area contributed by atoms with E-state index in [1.165, 1.54) is 0 Å². The van der Waals surface area contributed by atoms with Gasteiger partial charge in [-0.15, -0.1) is 0 Å². The molecule has 0 heterocycles. The van der Waals surface area contributed by atoms with Gasteiger partial charge in [-0.05, 0) is 44.9 Å². The summed E-state index contributed by atoms with van der Waals surface area (Å²) in [5.74, 6) is 0.928. The smallest absolute Gasteiger partial charge is 0.321 e. The van der Waals surface area contributed by atoms with E-state index in [1.54, 1.807) is 0 Å². The van der Waals surface area contributed by atoms with Crippen molar-refractivity contribution in [2.75, 3.05) is 5.75 Å². The summed E-state index contributed by atoms with van der Waals surface area (Å²) in [6.45, 7) is 8.55. The molecule has 15 heavy (non-hydrogen) atoms. The molecular weight excluding hydrogens is 224 g/mol. The first kappa shape index (κ1) is 15.5. The molecule has 0 radical (unpaired) electrons. The maximum Gasteiger partial charge on any atom is 0.321 e. The lowest BCUT2D eigenvalue weighted by Gasteiger charge is -2.23. The van der Waals surface area contributed by atoms with Crippen molar-refractivity contribution in [3.05, 3.63) is 0 Å². The van der Waals surface area contributed by atoms with Gasteiger partial charge in [0.1, 0.15) is 0 Å². The molecule has 0 fully saturated rings. The Hall–Kier alpha value is 0.487. The van der Waals surface area contributed by atoms with Crippen LogP contribution in [0.3, 0.4) is 0 Å². The van der Waals surface area contributed by atoms with Crippen LogP contribution >= 0.6 is 12.6 Å². The van der Waals surface area contributed by atoms with Crippen molar-refractivity contribution in [3.8, 4) is 0 Å². The van der Waals surface area contributed by atoms with E-state index in [1.807, 2.05) is 0 Å². The summed E-state index contributed by atoms with van der Waals surface area (Å²) >= 11 is 4.23. The highest BCUT2D eigenvalue weighted by atomic mass is 32.1. The van der Waals surface area contributed by atoms with E-state index in [2.05, 4.69) is 40.3 Å². The molecule has 0 saturated heterocycles. The van der Waals surface area contributed by atoms with Gasteiger partial charge < -0.3 is 8.85 Å². The minimum atomic E-state index is -1.45. The van der Waals surface area contributed by atoms with Crippen LogP contribution in [0.1, 0.15) is 47.0 Å². The van der Waals surface area contributed by atoms with Gasteiger partial charge in [-0.3, -0.25) is 0 Å². The van der Waals surface area contributed by atoms with E-state index in [9.17, 15) is 0 Å². The number of rotatable bonds is 9. The van der Waals surface area contributed by atoms with Crippen molar-refractivity contribution in [1.29, 1.82) is 0 Å². The third kappa shape index (κ3) is 8.31. The molecule has 0 aromatic rings. The topological polar surface area (TPSA) is 18.5 Å². The minimum absolute atomic E-state index is 0.339. The molecule has 0 aliphatic rings. The quantitative estimate of drug-likeness (QED) is 0.500. The maximum atomic E-state index is 5.96. The zero-order valence-corrected chi connectivity index (χ0v) is 12.6. The average Bonchev–Trinajstić information content (AvgIpc) is 2.25. The Balaban J connectivity index is 3.93. The van der Waals surface area contributed by atoms with E-state index in [-0.39, 0.29) is 0 Å². The maximum absolute atomic E-state index is 5.96. The highest BCUT2D eigenvalue weighted by Crippen LogP contribution is 2.11. The first-order chi connectivity index (χ1) is 7.13. The molecule has 0 N–H and O–H groups in total. The van der Waals surface area contributed by atoms with Crippen LogP contribution < -0.4 is 0 Å². The summed E-state index contributed by atoms with van der Waals surface area (Å²) in [5, 5.41) is 0. The lowest BCUT2D eigenvalue weighted by atomic mass is 10.3. The monoisotopic (exact) mass is 250 g/mol. The van der Waals surface area contributed by atoms with Crippen LogP contribution in [0.4, 0.5) is 0 Å². The van der Waals surface area contributed by atoms with Crippen LogP contribution in [0.5, 0.6) is 0 Å². The molecule has 0 aliphatic heterocycles. The largest absolute Gasteiger partial charge is 0.394 e. The van der Waals surface area contributed by atoms with Crippen molar-refractivity contribution in [3.63, 3.8) is 0 Å². The van der Waals surface area contributed by atoms with Crippen LogP contribution in [-0.4, -0.2) is 27.2 Å². The predicted octanol–water partition coefficient (Wildman–Crippen LogP) is 3.16. The Kier molecular flexibility index (Phi) is 10.0. The molecule has 2 atom stereocenters. The van der Waals surface area contributed by atoms with Crippen LogP contribution in [0.25, 0.3) is 0 Å². The molecule has 0 aliphatic carbocycles. The second kappa shape index (κ2) is 9.69. The van der Waals surface area contributed by atoms with Gasteiger partial charge in [-0.1, -0.05) is 13.8 Å². The third-order valence-corrected chi connectivity index (χ3v) is 5.25. The van der Waals surface area contributed by atoms with Gasteiger partial charge in [0, 0.05) is 12.2 Å². The van der Waals surface area contributed by atoms with Crippen LogP contribution in [-0.2, 0) is 8.85 Å². The fraction of sp³-hybridized carbons (Fsp3) is 1.00. The fourth-order valence-corrected chi connectivity index (χ4v) is 3.96. The molecular formula is C11H26O2SSi. The van der Waals surface area contributed by atoms with Gasteiger partial charge in [-0.2, -0.15) is 12.6 Å². The Morgan fingerprint density at radius 2 is 1.53 bits per heavy atom. The lowest BCUT2D eigenvalue weighted by molar-refractivity contribution is 0.110. The van der Waals surface area contributed by atoms with Crippen molar-refractivity contribution >= 4 is 21.9 Å². The number of thiol groups is 1. The van der Waals surface area contributed by atoms with Crippen LogP contribution in [0.2, 0.25) is 6.04 Å². The molecule has 2 nitrogen and oxygen atoms in total. The standard InChI is InChI=1S/C11H26O2SSi/c1-5-10(3)12-15(9-7-8-14)13-11(4)6-2/h10-11,14-15H,5-9H2,1-4H3. The second-order valence-corrected chi connectivity index (χ2v) is 6.43. The summed E-state index contributed by atoms with van der Waals surface area (Å²) in [5.41, 5.74) is 0. The van der Waals surface area contributed by atoms with Gasteiger partial charge in [0.05, 0.1) is 0 Å². The summed E-state index contributed by atoms with van der Waals surface area (Å²) in [6, 6.07) is 1.08. The van der Waals surface area contributed by atoms with Gasteiger partial charge in [0.15, 0.2) is 0 Å². The van der Waals surface area contributed by atoms with Crippen molar-refractivity contribution in [2.24, 2.45) is 0 Å². The number of hydrogen-bond donors (Lipinski definition) is 1. The second-order valence-electron chi connectivity index (χ2n) is 4.01. The molecule has 0 bridgehead atoms. The van der Waals surface area contributed by atoms with Gasteiger partial charge in [0.25, 0.3) is 0 Å². The van der Waals surface area contributed by atoms with Gasteiger partial charge >= 0.3 is 9.28 Å². The summed E-state index contributed by atoms with van der Waals surface area (Å²) in [4.78, 5) is 0. The number of hydrogen-bond acceptors (Lipinski definition) is 3. The Morgan fingerprint density at radius 1 is 1.07 bits per heavy atom. The summed E-state index contributed by atoms with van der Waals surface area (Å²) < 4.78 is 11.9. The third-order valence-electron chi connectivity index (χ3n) is 2.52. The first-order valence-corrected chi connectivity index (χ1v) is 8.44. The highest BCUT2D eigenvalue weighted by molar-refractivity contribution is 7.80. The SMILES string of the molecule is CCC(C)O[SiH](CCCS)OC(C)CC.